The van der Waals surface area contributed by atoms with Crippen molar-refractivity contribution >= 4 is 63.5 Å². The van der Waals surface area contributed by atoms with Gasteiger partial charge in [-0.05, 0) is 54.9 Å². The van der Waals surface area contributed by atoms with E-state index in [9.17, 15) is 4.79 Å². The Morgan fingerprint density at radius 2 is 1.78 bits per heavy atom. The lowest BCUT2D eigenvalue weighted by Gasteiger charge is -2.15. The number of nitrogens with zero attached hydrogens (tertiary/aromatic N) is 1. The lowest BCUT2D eigenvalue weighted by Crippen LogP contribution is -2.19. The summed E-state index contributed by atoms with van der Waals surface area (Å²) in [6.45, 7) is 2.11. The quantitative estimate of drug-likeness (QED) is 0.112. The average molecular weight is 539 g/mol. The molecule has 4 N–H and O–H groups in total. The molecule has 0 spiro atoms. The van der Waals surface area contributed by atoms with Gasteiger partial charge in [0.2, 0.25) is 0 Å². The van der Waals surface area contributed by atoms with Gasteiger partial charge >= 0.3 is 0 Å². The monoisotopic (exact) mass is 537 g/mol. The number of fused-ring (bicyclic) bond motifs is 2. The molecule has 0 aliphatic carbocycles. The molecule has 0 saturated heterocycles. The lowest BCUT2D eigenvalue weighted by atomic mass is 10.0. The number of nitrogens with one attached hydrogen (secondary N) is 4. The fourth-order valence-corrected chi connectivity index (χ4v) is 5.47. The Hall–Kier alpha value is -2.97. The molecular formula is C27H25Cl2N5OS. The first-order valence-corrected chi connectivity index (χ1v) is 12.9. The van der Waals surface area contributed by atoms with E-state index in [0.717, 1.165) is 52.0 Å². The average Bonchev–Trinajstić information content (AvgIpc) is 3.24. The molecular weight excluding hydrogens is 513 g/mol. The van der Waals surface area contributed by atoms with E-state index in [1.54, 1.807) is 24.5 Å². The van der Waals surface area contributed by atoms with Crippen molar-refractivity contribution in [2.75, 3.05) is 18.4 Å². The summed E-state index contributed by atoms with van der Waals surface area (Å²) in [5.41, 5.74) is 4.79. The van der Waals surface area contributed by atoms with E-state index < -0.39 is 0 Å². The van der Waals surface area contributed by atoms with Crippen LogP contribution in [0.2, 0.25) is 10.0 Å². The summed E-state index contributed by atoms with van der Waals surface area (Å²) in [5.74, 6) is 0.721. The number of H-pyrrole nitrogens is 2. The molecule has 36 heavy (non-hydrogen) atoms. The molecule has 1 unspecified atom stereocenters. The number of benzene rings is 2. The Morgan fingerprint density at radius 3 is 2.61 bits per heavy atom. The predicted octanol–water partition coefficient (Wildman–Crippen LogP) is 6.32. The summed E-state index contributed by atoms with van der Waals surface area (Å²) < 4.78 is 0. The third kappa shape index (κ3) is 5.25. The molecule has 0 radical (unpaired) electrons. The second kappa shape index (κ2) is 11.0. The van der Waals surface area contributed by atoms with Gasteiger partial charge in [0.25, 0.3) is 0 Å². The number of pyridine rings is 2. The third-order valence-electron chi connectivity index (χ3n) is 6.12. The normalized spacial score (nSPS) is 12.3. The highest BCUT2D eigenvalue weighted by molar-refractivity contribution is 7.80. The van der Waals surface area contributed by atoms with E-state index in [1.165, 1.54) is 0 Å². The second-order valence-electron chi connectivity index (χ2n) is 8.56. The van der Waals surface area contributed by atoms with Crippen LogP contribution in [0, 0.1) is 0 Å². The van der Waals surface area contributed by atoms with Crippen molar-refractivity contribution in [2.45, 2.75) is 18.2 Å². The summed E-state index contributed by atoms with van der Waals surface area (Å²) >= 11 is 17.8. The van der Waals surface area contributed by atoms with Crippen LogP contribution in [-0.4, -0.2) is 28.0 Å². The molecule has 6 nitrogen and oxygen atoms in total. The standard InChI is InChI=1S/C27H25Cl2N5OS/c28-17-12-19(29)25-21(13-17)33-22(26(25)27(36)16-6-10-30-11-7-16)15-31-8-3-9-32-24-14-23(35)18-4-1-2-5-20(18)34-24/h1-2,4-7,10-14,27,31,33,36H,3,8-9,15H2,(H2,32,34,35). The number of aromatic nitrogens is 3. The molecule has 5 aromatic rings. The molecule has 0 bridgehead atoms. The molecule has 2 aromatic carbocycles. The minimum atomic E-state index is -0.177. The van der Waals surface area contributed by atoms with Crippen LogP contribution in [0.15, 0.2) is 71.8 Å². The van der Waals surface area contributed by atoms with Crippen LogP contribution in [0.5, 0.6) is 0 Å². The molecule has 3 aromatic heterocycles. The summed E-state index contributed by atoms with van der Waals surface area (Å²) in [5, 5.41) is 9.43. The molecule has 0 saturated carbocycles. The highest BCUT2D eigenvalue weighted by Gasteiger charge is 2.22. The van der Waals surface area contributed by atoms with E-state index in [4.69, 9.17) is 35.8 Å². The third-order valence-corrected chi connectivity index (χ3v) is 7.19. The van der Waals surface area contributed by atoms with E-state index >= 15 is 0 Å². The Labute approximate surface area is 223 Å². The summed E-state index contributed by atoms with van der Waals surface area (Å²) in [6, 6.07) is 16.7. The molecule has 9 heteroatoms. The fraction of sp³-hybridized carbons (Fsp3) is 0.185. The maximum absolute atomic E-state index is 12.3. The van der Waals surface area contributed by atoms with Gasteiger partial charge in [0.1, 0.15) is 5.82 Å². The lowest BCUT2D eigenvalue weighted by molar-refractivity contribution is 0.652. The van der Waals surface area contributed by atoms with Gasteiger partial charge < -0.3 is 20.6 Å². The van der Waals surface area contributed by atoms with Crippen LogP contribution in [0.4, 0.5) is 5.82 Å². The summed E-state index contributed by atoms with van der Waals surface area (Å²) in [6.07, 6.45) is 4.39. The molecule has 0 fully saturated rings. The molecule has 0 amide bonds. The number of hydrogen-bond donors (Lipinski definition) is 5. The molecule has 184 valence electrons. The van der Waals surface area contributed by atoms with Crippen LogP contribution in [0.1, 0.15) is 28.5 Å². The highest BCUT2D eigenvalue weighted by Crippen LogP contribution is 2.40. The molecule has 5 rings (SSSR count). The van der Waals surface area contributed by atoms with E-state index in [-0.39, 0.29) is 10.7 Å². The smallest absolute Gasteiger partial charge is 0.191 e. The SMILES string of the molecule is O=c1cc(NCCCNCc2[nH]c3cc(Cl)cc(Cl)c3c2C(S)c2ccncc2)[nH]c2ccccc12. The number of rotatable bonds is 9. The number of hydrogen-bond acceptors (Lipinski definition) is 5. The van der Waals surface area contributed by atoms with Crippen LogP contribution in [0.3, 0.4) is 0 Å². The Morgan fingerprint density at radius 1 is 0.972 bits per heavy atom. The Kier molecular flexibility index (Phi) is 7.53. The van der Waals surface area contributed by atoms with Crippen molar-refractivity contribution in [1.82, 2.24) is 20.3 Å². The molecule has 3 heterocycles. The van der Waals surface area contributed by atoms with Gasteiger partial charge in [-0.2, -0.15) is 12.6 Å². The van der Waals surface area contributed by atoms with Crippen molar-refractivity contribution in [3.8, 4) is 0 Å². The minimum absolute atomic E-state index is 0.00517. The van der Waals surface area contributed by atoms with Gasteiger partial charge in [-0.3, -0.25) is 9.78 Å². The summed E-state index contributed by atoms with van der Waals surface area (Å²) in [7, 11) is 0. The highest BCUT2D eigenvalue weighted by atomic mass is 35.5. The van der Waals surface area contributed by atoms with Gasteiger partial charge in [0.05, 0.1) is 15.8 Å². The number of anilines is 1. The topological polar surface area (TPSA) is 85.6 Å². The van der Waals surface area contributed by atoms with Gasteiger partial charge in [0.15, 0.2) is 5.43 Å². The van der Waals surface area contributed by atoms with Crippen molar-refractivity contribution in [1.29, 1.82) is 0 Å². The number of aromatic amines is 2. The van der Waals surface area contributed by atoms with E-state index in [1.807, 2.05) is 42.5 Å². The summed E-state index contributed by atoms with van der Waals surface area (Å²) in [4.78, 5) is 23.2. The van der Waals surface area contributed by atoms with Crippen LogP contribution < -0.4 is 16.1 Å². The first kappa shape index (κ1) is 24.7. The zero-order valence-electron chi connectivity index (χ0n) is 19.3. The largest absolute Gasteiger partial charge is 0.371 e. The van der Waals surface area contributed by atoms with Gasteiger partial charge in [-0.25, -0.2) is 0 Å². The van der Waals surface area contributed by atoms with Gasteiger partial charge in [-0.15, -0.1) is 0 Å². The Bertz CT molecular complexity index is 1570. The first-order chi connectivity index (χ1) is 17.5. The van der Waals surface area contributed by atoms with Crippen molar-refractivity contribution in [3.05, 3.63) is 104 Å². The van der Waals surface area contributed by atoms with Crippen molar-refractivity contribution in [3.63, 3.8) is 0 Å². The van der Waals surface area contributed by atoms with Crippen molar-refractivity contribution in [2.24, 2.45) is 0 Å². The molecule has 0 aliphatic heterocycles. The minimum Gasteiger partial charge on any atom is -0.371 e. The Balaban J connectivity index is 1.26. The number of halogens is 2. The van der Waals surface area contributed by atoms with Crippen molar-refractivity contribution < 1.29 is 0 Å². The maximum atomic E-state index is 12.3. The predicted molar refractivity (Wildman–Crippen MR) is 153 cm³/mol. The van der Waals surface area contributed by atoms with E-state index in [2.05, 4.69) is 25.6 Å². The van der Waals surface area contributed by atoms with Crippen LogP contribution in [-0.2, 0) is 6.54 Å². The molecule has 1 atom stereocenters. The number of para-hydroxylation sites is 1. The fourth-order valence-electron chi connectivity index (χ4n) is 4.42. The van der Waals surface area contributed by atoms with E-state index in [0.29, 0.717) is 28.5 Å². The van der Waals surface area contributed by atoms with Gasteiger partial charge in [0, 0.05) is 64.1 Å². The van der Waals surface area contributed by atoms with Crippen LogP contribution >= 0.6 is 35.8 Å². The molecule has 0 aliphatic rings. The van der Waals surface area contributed by atoms with Crippen LogP contribution in [0.25, 0.3) is 21.8 Å². The second-order valence-corrected chi connectivity index (χ2v) is 9.92. The first-order valence-electron chi connectivity index (χ1n) is 11.7. The maximum Gasteiger partial charge on any atom is 0.191 e. The zero-order chi connectivity index (χ0) is 25.1. The zero-order valence-corrected chi connectivity index (χ0v) is 21.7. The van der Waals surface area contributed by atoms with Gasteiger partial charge in [-0.1, -0.05) is 35.3 Å². The number of thiol groups is 1.